The van der Waals surface area contributed by atoms with Crippen molar-refractivity contribution in [1.82, 2.24) is 15.2 Å². The van der Waals surface area contributed by atoms with E-state index >= 15 is 0 Å². The summed E-state index contributed by atoms with van der Waals surface area (Å²) in [6.07, 6.45) is 1.57. The molecule has 0 saturated carbocycles. The Morgan fingerprint density at radius 2 is 1.55 bits per heavy atom. The van der Waals surface area contributed by atoms with Crippen LogP contribution in [-0.4, -0.2) is 86.9 Å². The maximum atomic E-state index is 12.5. The number of benzene rings is 3. The van der Waals surface area contributed by atoms with Crippen molar-refractivity contribution in [3.63, 3.8) is 0 Å². The third-order valence-electron chi connectivity index (χ3n) is 7.10. The number of hydrogen-bond donors (Lipinski definition) is 1. The first kappa shape index (κ1) is 27.4. The van der Waals surface area contributed by atoms with E-state index in [-0.39, 0.29) is 18.4 Å². The minimum Gasteiger partial charge on any atom is -0.484 e. The number of amides is 2. The fourth-order valence-corrected chi connectivity index (χ4v) is 4.75. The third-order valence-corrected chi connectivity index (χ3v) is 7.10. The largest absolute Gasteiger partial charge is 0.484 e. The van der Waals surface area contributed by atoms with E-state index < -0.39 is 0 Å². The van der Waals surface area contributed by atoms with E-state index in [1.54, 1.807) is 23.2 Å². The molecule has 2 amide bonds. The van der Waals surface area contributed by atoms with Gasteiger partial charge in [-0.05, 0) is 59.7 Å². The Hall–Kier alpha value is -4.21. The molecule has 0 unspecified atom stereocenters. The van der Waals surface area contributed by atoms with Gasteiger partial charge in [0.15, 0.2) is 6.61 Å². The number of nitrogens with one attached hydrogen (secondary N) is 1. The number of para-hydroxylation sites is 1. The predicted octanol–water partition coefficient (Wildman–Crippen LogP) is 3.01. The number of carbonyl (C=O) groups excluding carboxylic acids is 2. The smallest absolute Gasteiger partial charge is 0.271 e. The topological polar surface area (TPSA) is 86.7 Å². The summed E-state index contributed by atoms with van der Waals surface area (Å²) in [4.78, 5) is 31.3. The first-order valence-corrected chi connectivity index (χ1v) is 13.7. The molecule has 3 aromatic carbocycles. The lowest BCUT2D eigenvalue weighted by atomic mass is 10.1. The summed E-state index contributed by atoms with van der Waals surface area (Å²) in [6.45, 7) is 7.21. The molecule has 1 N–H and O–H groups in total. The second-order valence-corrected chi connectivity index (χ2v) is 9.85. The van der Waals surface area contributed by atoms with Crippen LogP contribution in [0, 0.1) is 0 Å². The van der Waals surface area contributed by atoms with Gasteiger partial charge in [-0.3, -0.25) is 14.5 Å². The zero-order valence-electron chi connectivity index (χ0n) is 22.6. The Kier molecular flexibility index (Phi) is 9.39. The van der Waals surface area contributed by atoms with E-state index in [2.05, 4.69) is 44.6 Å². The van der Waals surface area contributed by atoms with Gasteiger partial charge in [-0.2, -0.15) is 5.10 Å². The summed E-state index contributed by atoms with van der Waals surface area (Å²) in [7, 11) is 0. The summed E-state index contributed by atoms with van der Waals surface area (Å²) in [5, 5.41) is 4.08. The quantitative estimate of drug-likeness (QED) is 0.331. The SMILES string of the molecule is O=C(N/N=C/c1ccc(OCC(=O)N2CCOCC2)cc1)c1ccc(CN2CCN(c3ccccc3)CC2)cc1. The monoisotopic (exact) mass is 541 g/mol. The number of ether oxygens (including phenoxy) is 2. The number of rotatable bonds is 9. The molecule has 208 valence electrons. The highest BCUT2D eigenvalue weighted by Gasteiger charge is 2.18. The number of nitrogens with zero attached hydrogens (tertiary/aromatic N) is 4. The highest BCUT2D eigenvalue weighted by atomic mass is 16.5. The van der Waals surface area contributed by atoms with Crippen LogP contribution in [0.1, 0.15) is 21.5 Å². The van der Waals surface area contributed by atoms with Crippen molar-refractivity contribution < 1.29 is 19.1 Å². The lowest BCUT2D eigenvalue weighted by Gasteiger charge is -2.36. The molecule has 5 rings (SSSR count). The van der Waals surface area contributed by atoms with Gasteiger partial charge in [0.1, 0.15) is 5.75 Å². The van der Waals surface area contributed by atoms with E-state index in [9.17, 15) is 9.59 Å². The van der Waals surface area contributed by atoms with Crippen LogP contribution in [0.2, 0.25) is 0 Å². The number of morpholine rings is 1. The highest BCUT2D eigenvalue weighted by molar-refractivity contribution is 5.94. The van der Waals surface area contributed by atoms with Crippen LogP contribution in [-0.2, 0) is 16.1 Å². The minimum atomic E-state index is -0.263. The molecule has 2 fully saturated rings. The van der Waals surface area contributed by atoms with Crippen molar-refractivity contribution in [2.75, 3.05) is 64.0 Å². The molecular formula is C31H35N5O4. The normalized spacial score (nSPS) is 16.2. The lowest BCUT2D eigenvalue weighted by Crippen LogP contribution is -2.45. The Morgan fingerprint density at radius 1 is 0.850 bits per heavy atom. The van der Waals surface area contributed by atoms with Gasteiger partial charge in [0.2, 0.25) is 0 Å². The van der Waals surface area contributed by atoms with Gasteiger partial charge in [-0.1, -0.05) is 30.3 Å². The van der Waals surface area contributed by atoms with Crippen LogP contribution >= 0.6 is 0 Å². The molecule has 0 radical (unpaired) electrons. The van der Waals surface area contributed by atoms with Gasteiger partial charge >= 0.3 is 0 Å². The van der Waals surface area contributed by atoms with Crippen molar-refractivity contribution in [2.24, 2.45) is 5.10 Å². The van der Waals surface area contributed by atoms with Crippen LogP contribution in [0.25, 0.3) is 0 Å². The molecule has 0 atom stereocenters. The molecule has 40 heavy (non-hydrogen) atoms. The van der Waals surface area contributed by atoms with E-state index in [1.807, 2.05) is 42.5 Å². The van der Waals surface area contributed by atoms with Crippen molar-refractivity contribution in [3.8, 4) is 5.75 Å². The maximum absolute atomic E-state index is 12.5. The molecule has 0 aliphatic carbocycles. The summed E-state index contributed by atoms with van der Waals surface area (Å²) >= 11 is 0. The molecule has 2 aliphatic heterocycles. The van der Waals surface area contributed by atoms with Crippen molar-refractivity contribution >= 4 is 23.7 Å². The second kappa shape index (κ2) is 13.7. The average molecular weight is 542 g/mol. The van der Waals surface area contributed by atoms with Crippen molar-refractivity contribution in [2.45, 2.75) is 6.54 Å². The molecular weight excluding hydrogens is 506 g/mol. The van der Waals surface area contributed by atoms with Crippen LogP contribution in [0.5, 0.6) is 5.75 Å². The van der Waals surface area contributed by atoms with Crippen molar-refractivity contribution in [1.29, 1.82) is 0 Å². The fraction of sp³-hybridized carbons (Fsp3) is 0.323. The molecule has 2 aliphatic rings. The van der Waals surface area contributed by atoms with Crippen molar-refractivity contribution in [3.05, 3.63) is 95.6 Å². The van der Waals surface area contributed by atoms with Crippen LogP contribution in [0.3, 0.4) is 0 Å². The number of anilines is 1. The summed E-state index contributed by atoms with van der Waals surface area (Å²) in [6, 6.07) is 25.4. The maximum Gasteiger partial charge on any atom is 0.271 e. The summed E-state index contributed by atoms with van der Waals surface area (Å²) in [5.74, 6) is 0.285. The molecule has 2 saturated heterocycles. The van der Waals surface area contributed by atoms with E-state index in [1.165, 1.54) is 11.3 Å². The molecule has 0 spiro atoms. The fourth-order valence-electron chi connectivity index (χ4n) is 4.75. The number of hydrogen-bond acceptors (Lipinski definition) is 7. The first-order chi connectivity index (χ1) is 19.6. The molecule has 2 heterocycles. The molecule has 0 bridgehead atoms. The molecule has 9 nitrogen and oxygen atoms in total. The molecule has 3 aromatic rings. The lowest BCUT2D eigenvalue weighted by molar-refractivity contribution is -0.137. The first-order valence-electron chi connectivity index (χ1n) is 13.7. The number of piperazine rings is 1. The van der Waals surface area contributed by atoms with Crippen LogP contribution in [0.4, 0.5) is 5.69 Å². The average Bonchev–Trinajstić information content (AvgIpc) is 3.02. The van der Waals surface area contributed by atoms with Crippen LogP contribution < -0.4 is 15.1 Å². The summed E-state index contributed by atoms with van der Waals surface area (Å²) < 4.78 is 10.9. The van der Waals surface area contributed by atoms with Gasteiger partial charge in [-0.15, -0.1) is 0 Å². The van der Waals surface area contributed by atoms with E-state index in [0.717, 1.165) is 38.3 Å². The molecule has 0 aromatic heterocycles. The Balaban J connectivity index is 1.03. The zero-order chi connectivity index (χ0) is 27.6. The van der Waals surface area contributed by atoms with Gasteiger partial charge in [-0.25, -0.2) is 5.43 Å². The standard InChI is InChI=1S/C31H35N5O4/c37-30(36-18-20-39-21-19-36)24-40-29-12-8-25(9-13-29)22-32-33-31(38)27-10-6-26(7-11-27)23-34-14-16-35(17-15-34)28-4-2-1-3-5-28/h1-13,22H,14-21,23-24H2,(H,33,38)/b32-22+. The van der Waals surface area contributed by atoms with Gasteiger partial charge < -0.3 is 19.3 Å². The Labute approximate surface area is 235 Å². The van der Waals surface area contributed by atoms with E-state index in [0.29, 0.717) is 37.6 Å². The van der Waals surface area contributed by atoms with Gasteiger partial charge in [0, 0.05) is 57.1 Å². The van der Waals surface area contributed by atoms with Crippen LogP contribution in [0.15, 0.2) is 84.0 Å². The summed E-state index contributed by atoms with van der Waals surface area (Å²) in [5.41, 5.74) is 6.40. The van der Waals surface area contributed by atoms with E-state index in [4.69, 9.17) is 9.47 Å². The minimum absolute atomic E-state index is 0.00677. The highest BCUT2D eigenvalue weighted by Crippen LogP contribution is 2.17. The second-order valence-electron chi connectivity index (χ2n) is 9.85. The Morgan fingerprint density at radius 3 is 2.25 bits per heavy atom. The third kappa shape index (κ3) is 7.68. The zero-order valence-corrected chi connectivity index (χ0v) is 22.6. The van der Waals surface area contributed by atoms with Gasteiger partial charge in [0.25, 0.3) is 11.8 Å². The number of carbonyl (C=O) groups is 2. The Bertz CT molecular complexity index is 1270. The van der Waals surface area contributed by atoms with Gasteiger partial charge in [0.05, 0.1) is 19.4 Å². The predicted molar refractivity (Wildman–Crippen MR) is 155 cm³/mol. The number of hydrazone groups is 1. The molecule has 9 heteroatoms.